The van der Waals surface area contributed by atoms with E-state index in [-0.39, 0.29) is 0 Å². The molecule has 0 bridgehead atoms. The van der Waals surface area contributed by atoms with Crippen molar-refractivity contribution in [2.75, 3.05) is 36.4 Å². The highest BCUT2D eigenvalue weighted by molar-refractivity contribution is 5.50. The first-order valence-corrected chi connectivity index (χ1v) is 7.82. The number of benzene rings is 1. The van der Waals surface area contributed by atoms with Gasteiger partial charge in [-0.05, 0) is 18.2 Å². The molecule has 0 unspecified atom stereocenters. The largest absolute Gasteiger partial charge is 0.416 e. The van der Waals surface area contributed by atoms with Crippen LogP contribution in [0.1, 0.15) is 5.56 Å². The molecule has 1 aromatic heterocycles. The monoisotopic (exact) mass is 349 g/mol. The molecule has 0 amide bonds. The fourth-order valence-electron chi connectivity index (χ4n) is 2.70. The van der Waals surface area contributed by atoms with Crippen LogP contribution in [0, 0.1) is 0 Å². The highest BCUT2D eigenvalue weighted by Crippen LogP contribution is 2.32. The Morgan fingerprint density at radius 3 is 2.52 bits per heavy atom. The first-order chi connectivity index (χ1) is 11.9. The molecule has 2 aromatic rings. The number of nitrogens with zero attached hydrogens (tertiary/aromatic N) is 4. The predicted molar refractivity (Wildman–Crippen MR) is 90.0 cm³/mol. The first-order valence-electron chi connectivity index (χ1n) is 7.82. The number of nitrogens with one attached hydrogen (secondary N) is 1. The van der Waals surface area contributed by atoms with E-state index in [0.717, 1.165) is 6.07 Å². The molecular formula is C17H18F3N5. The minimum Gasteiger partial charge on any atom is -0.368 e. The van der Waals surface area contributed by atoms with Gasteiger partial charge in [-0.2, -0.15) is 13.2 Å². The van der Waals surface area contributed by atoms with Gasteiger partial charge in [-0.1, -0.05) is 12.6 Å². The van der Waals surface area contributed by atoms with Gasteiger partial charge in [0.25, 0.3) is 0 Å². The number of alkyl halides is 3. The zero-order valence-corrected chi connectivity index (χ0v) is 13.5. The van der Waals surface area contributed by atoms with Crippen molar-refractivity contribution >= 4 is 11.5 Å². The molecule has 1 fully saturated rings. The van der Waals surface area contributed by atoms with Crippen LogP contribution < -0.4 is 10.2 Å². The maximum absolute atomic E-state index is 12.9. The average Bonchev–Trinajstić information content (AvgIpc) is 2.62. The standard InChI is InChI=1S/C17H18F3N5/c1-13(23-16-12-21-5-6-22-16)24-7-9-25(10-8-24)15-4-2-3-14(11-15)17(18,19)20/h2-6,11-12H,1,7-10H2,(H,22,23). The molecule has 0 atom stereocenters. The number of rotatable bonds is 4. The number of halogens is 3. The number of piperazine rings is 1. The van der Waals surface area contributed by atoms with E-state index in [4.69, 9.17) is 0 Å². The van der Waals surface area contributed by atoms with Gasteiger partial charge in [0.2, 0.25) is 0 Å². The summed E-state index contributed by atoms with van der Waals surface area (Å²) in [5.74, 6) is 1.30. The van der Waals surface area contributed by atoms with Gasteiger partial charge in [0, 0.05) is 44.3 Å². The molecule has 1 N–H and O–H groups in total. The lowest BCUT2D eigenvalue weighted by atomic mass is 10.1. The lowest BCUT2D eigenvalue weighted by Gasteiger charge is -2.38. The molecule has 1 saturated heterocycles. The SMILES string of the molecule is C=C(Nc1cnccn1)N1CCN(c2cccc(C(F)(F)F)c2)CC1. The van der Waals surface area contributed by atoms with Gasteiger partial charge in [0.15, 0.2) is 0 Å². The maximum Gasteiger partial charge on any atom is 0.416 e. The van der Waals surface area contributed by atoms with E-state index < -0.39 is 11.7 Å². The lowest BCUT2D eigenvalue weighted by molar-refractivity contribution is -0.137. The molecule has 5 nitrogen and oxygen atoms in total. The second-order valence-electron chi connectivity index (χ2n) is 5.68. The molecule has 8 heteroatoms. The fourth-order valence-corrected chi connectivity index (χ4v) is 2.70. The Morgan fingerprint density at radius 2 is 1.88 bits per heavy atom. The summed E-state index contributed by atoms with van der Waals surface area (Å²) < 4.78 is 38.6. The van der Waals surface area contributed by atoms with Crippen molar-refractivity contribution in [3.05, 3.63) is 60.8 Å². The van der Waals surface area contributed by atoms with Crippen molar-refractivity contribution in [3.63, 3.8) is 0 Å². The molecule has 0 spiro atoms. The molecule has 2 heterocycles. The van der Waals surface area contributed by atoms with Crippen molar-refractivity contribution in [2.45, 2.75) is 6.18 Å². The van der Waals surface area contributed by atoms with Crippen LogP contribution in [0.4, 0.5) is 24.7 Å². The van der Waals surface area contributed by atoms with Gasteiger partial charge < -0.3 is 15.1 Å². The third-order valence-electron chi connectivity index (χ3n) is 4.04. The van der Waals surface area contributed by atoms with E-state index in [1.807, 2.05) is 9.80 Å². The quantitative estimate of drug-likeness (QED) is 0.918. The van der Waals surface area contributed by atoms with Crippen LogP contribution in [0.5, 0.6) is 0 Å². The average molecular weight is 349 g/mol. The predicted octanol–water partition coefficient (Wildman–Crippen LogP) is 3.20. The van der Waals surface area contributed by atoms with Crippen molar-refractivity contribution in [3.8, 4) is 0 Å². The number of hydrogen-bond donors (Lipinski definition) is 1. The van der Waals surface area contributed by atoms with E-state index in [2.05, 4.69) is 21.9 Å². The minimum absolute atomic E-state index is 0.585. The Kier molecular flexibility index (Phi) is 4.78. The maximum atomic E-state index is 12.9. The molecule has 1 aromatic carbocycles. The van der Waals surface area contributed by atoms with Crippen LogP contribution in [-0.4, -0.2) is 41.0 Å². The fraction of sp³-hybridized carbons (Fsp3) is 0.294. The van der Waals surface area contributed by atoms with Gasteiger partial charge in [0.05, 0.1) is 17.6 Å². The van der Waals surface area contributed by atoms with Gasteiger partial charge >= 0.3 is 6.18 Å². The summed E-state index contributed by atoms with van der Waals surface area (Å²) in [7, 11) is 0. The topological polar surface area (TPSA) is 44.3 Å². The molecule has 3 rings (SSSR count). The number of hydrogen-bond acceptors (Lipinski definition) is 5. The summed E-state index contributed by atoms with van der Waals surface area (Å²) in [5, 5.41) is 3.09. The van der Waals surface area contributed by atoms with Crippen molar-refractivity contribution < 1.29 is 13.2 Å². The van der Waals surface area contributed by atoms with Crippen molar-refractivity contribution in [1.29, 1.82) is 0 Å². The normalized spacial score (nSPS) is 15.2. The zero-order chi connectivity index (χ0) is 17.9. The Balaban J connectivity index is 1.59. The third kappa shape index (κ3) is 4.20. The highest BCUT2D eigenvalue weighted by atomic mass is 19.4. The summed E-state index contributed by atoms with van der Waals surface area (Å²) in [6, 6.07) is 5.44. The molecule has 25 heavy (non-hydrogen) atoms. The summed E-state index contributed by atoms with van der Waals surface area (Å²) in [6.07, 6.45) is 0.444. The molecule has 1 aliphatic rings. The number of anilines is 2. The van der Waals surface area contributed by atoms with Gasteiger partial charge in [-0.3, -0.25) is 4.98 Å². The second-order valence-corrected chi connectivity index (χ2v) is 5.68. The van der Waals surface area contributed by atoms with Crippen LogP contribution in [0.2, 0.25) is 0 Å². The molecule has 1 aliphatic heterocycles. The Hall–Kier alpha value is -2.77. The van der Waals surface area contributed by atoms with Gasteiger partial charge in [-0.25, -0.2) is 4.98 Å². The van der Waals surface area contributed by atoms with Crippen LogP contribution in [0.3, 0.4) is 0 Å². The van der Waals surface area contributed by atoms with E-state index in [9.17, 15) is 13.2 Å². The summed E-state index contributed by atoms with van der Waals surface area (Å²) in [6.45, 7) is 6.53. The van der Waals surface area contributed by atoms with E-state index in [1.54, 1.807) is 24.7 Å². The summed E-state index contributed by atoms with van der Waals surface area (Å²) >= 11 is 0. The highest BCUT2D eigenvalue weighted by Gasteiger charge is 2.31. The first kappa shape index (κ1) is 17.1. The molecular weight excluding hydrogens is 331 g/mol. The van der Waals surface area contributed by atoms with Crippen LogP contribution >= 0.6 is 0 Å². The lowest BCUT2D eigenvalue weighted by Crippen LogP contribution is -2.46. The Bertz CT molecular complexity index is 725. The van der Waals surface area contributed by atoms with Crippen molar-refractivity contribution in [2.24, 2.45) is 0 Å². The Labute approximate surface area is 143 Å². The van der Waals surface area contributed by atoms with Crippen LogP contribution in [0.15, 0.2) is 55.3 Å². The van der Waals surface area contributed by atoms with E-state index in [0.29, 0.717) is 43.5 Å². The zero-order valence-electron chi connectivity index (χ0n) is 13.5. The summed E-state index contributed by atoms with van der Waals surface area (Å²) in [4.78, 5) is 12.1. The van der Waals surface area contributed by atoms with Gasteiger partial charge in [0.1, 0.15) is 5.82 Å². The molecule has 0 saturated carbocycles. The van der Waals surface area contributed by atoms with E-state index in [1.165, 1.54) is 12.1 Å². The summed E-state index contributed by atoms with van der Waals surface area (Å²) in [5.41, 5.74) is -0.0388. The number of aromatic nitrogens is 2. The van der Waals surface area contributed by atoms with Gasteiger partial charge in [-0.15, -0.1) is 0 Å². The molecule has 132 valence electrons. The van der Waals surface area contributed by atoms with E-state index >= 15 is 0 Å². The Morgan fingerprint density at radius 1 is 1.12 bits per heavy atom. The van der Waals surface area contributed by atoms with Crippen LogP contribution in [0.25, 0.3) is 0 Å². The smallest absolute Gasteiger partial charge is 0.368 e. The van der Waals surface area contributed by atoms with Crippen LogP contribution in [-0.2, 0) is 6.18 Å². The van der Waals surface area contributed by atoms with Crippen molar-refractivity contribution in [1.82, 2.24) is 14.9 Å². The minimum atomic E-state index is -4.33. The third-order valence-corrected chi connectivity index (χ3v) is 4.04. The molecule has 0 radical (unpaired) electrons. The second kappa shape index (κ2) is 7.00. The molecule has 0 aliphatic carbocycles.